The SMILES string of the molecule is N#Cc1ccc(N2CCc3ccc(OCCCN4CCCCC4)cc3CC2)cc1. The summed E-state index contributed by atoms with van der Waals surface area (Å²) in [5.41, 5.74) is 4.76. The maximum absolute atomic E-state index is 8.99. The summed E-state index contributed by atoms with van der Waals surface area (Å²) >= 11 is 0. The standard InChI is InChI=1S/C25H31N3O/c26-20-21-5-8-24(9-6-21)28-16-11-22-7-10-25(19-23(22)12-17-28)29-18-4-15-27-13-2-1-3-14-27/h5-10,19H,1-4,11-18H2. The van der Waals surface area contributed by atoms with Gasteiger partial charge in [0, 0.05) is 25.3 Å². The van der Waals surface area contributed by atoms with E-state index < -0.39 is 0 Å². The molecule has 2 aromatic carbocycles. The van der Waals surface area contributed by atoms with Gasteiger partial charge in [-0.15, -0.1) is 0 Å². The number of anilines is 1. The van der Waals surface area contributed by atoms with Crippen molar-refractivity contribution in [3.8, 4) is 11.8 Å². The van der Waals surface area contributed by atoms with Gasteiger partial charge in [0.05, 0.1) is 18.2 Å². The molecule has 2 aliphatic heterocycles. The van der Waals surface area contributed by atoms with Crippen LogP contribution in [0.15, 0.2) is 42.5 Å². The zero-order chi connectivity index (χ0) is 19.9. The van der Waals surface area contributed by atoms with Gasteiger partial charge in [0.1, 0.15) is 5.75 Å². The Hall–Kier alpha value is -2.51. The molecule has 0 aliphatic carbocycles. The molecule has 4 nitrogen and oxygen atoms in total. The molecule has 29 heavy (non-hydrogen) atoms. The number of likely N-dealkylation sites (tertiary alicyclic amines) is 1. The quantitative estimate of drug-likeness (QED) is 0.686. The molecule has 4 rings (SSSR count). The van der Waals surface area contributed by atoms with E-state index in [4.69, 9.17) is 10.00 Å². The van der Waals surface area contributed by atoms with Crippen molar-refractivity contribution in [2.75, 3.05) is 44.2 Å². The molecule has 0 radical (unpaired) electrons. The second-order valence-corrected chi connectivity index (χ2v) is 8.18. The van der Waals surface area contributed by atoms with Crippen molar-refractivity contribution in [1.82, 2.24) is 4.90 Å². The van der Waals surface area contributed by atoms with Crippen LogP contribution in [0.4, 0.5) is 5.69 Å². The lowest BCUT2D eigenvalue weighted by Gasteiger charge is -2.26. The van der Waals surface area contributed by atoms with Crippen molar-refractivity contribution < 1.29 is 4.74 Å². The fraction of sp³-hybridized carbons (Fsp3) is 0.480. The Labute approximate surface area is 174 Å². The monoisotopic (exact) mass is 389 g/mol. The third kappa shape index (κ3) is 5.31. The average Bonchev–Trinajstić information content (AvgIpc) is 3.00. The lowest BCUT2D eigenvalue weighted by Crippen LogP contribution is -2.31. The molecular formula is C25H31N3O. The largest absolute Gasteiger partial charge is 0.494 e. The van der Waals surface area contributed by atoms with E-state index in [1.165, 1.54) is 49.2 Å². The summed E-state index contributed by atoms with van der Waals surface area (Å²) in [7, 11) is 0. The van der Waals surface area contributed by atoms with Gasteiger partial charge in [-0.3, -0.25) is 0 Å². The minimum atomic E-state index is 0.717. The first kappa shape index (κ1) is 19.8. The van der Waals surface area contributed by atoms with Crippen LogP contribution in [0, 0.1) is 11.3 Å². The first-order valence-electron chi connectivity index (χ1n) is 11.0. The third-order valence-corrected chi connectivity index (χ3v) is 6.18. The molecule has 2 heterocycles. The lowest BCUT2D eigenvalue weighted by atomic mass is 10.0. The van der Waals surface area contributed by atoms with Gasteiger partial charge in [-0.05, 0) is 92.7 Å². The van der Waals surface area contributed by atoms with E-state index in [1.807, 2.05) is 12.1 Å². The summed E-state index contributed by atoms with van der Waals surface area (Å²) in [5.74, 6) is 1.01. The summed E-state index contributed by atoms with van der Waals surface area (Å²) in [6.07, 6.45) is 7.27. The number of hydrogen-bond donors (Lipinski definition) is 0. The Kier molecular flexibility index (Phi) is 6.69. The predicted molar refractivity (Wildman–Crippen MR) is 118 cm³/mol. The van der Waals surface area contributed by atoms with E-state index >= 15 is 0 Å². The number of nitrogens with zero attached hydrogens (tertiary/aromatic N) is 3. The number of ether oxygens (including phenoxy) is 1. The minimum absolute atomic E-state index is 0.717. The molecule has 0 amide bonds. The minimum Gasteiger partial charge on any atom is -0.494 e. The summed E-state index contributed by atoms with van der Waals surface area (Å²) in [6, 6.07) is 16.8. The molecule has 0 N–H and O–H groups in total. The van der Waals surface area contributed by atoms with Gasteiger partial charge in [0.25, 0.3) is 0 Å². The van der Waals surface area contributed by atoms with Gasteiger partial charge in [-0.2, -0.15) is 5.26 Å². The molecule has 4 heteroatoms. The van der Waals surface area contributed by atoms with Crippen LogP contribution in [0.2, 0.25) is 0 Å². The highest BCUT2D eigenvalue weighted by atomic mass is 16.5. The Balaban J connectivity index is 1.29. The maximum atomic E-state index is 8.99. The molecule has 1 saturated heterocycles. The lowest BCUT2D eigenvalue weighted by molar-refractivity contribution is 0.205. The second-order valence-electron chi connectivity index (χ2n) is 8.18. The zero-order valence-electron chi connectivity index (χ0n) is 17.3. The van der Waals surface area contributed by atoms with Crippen molar-refractivity contribution in [3.05, 3.63) is 59.2 Å². The highest BCUT2D eigenvalue weighted by Crippen LogP contribution is 2.25. The molecule has 0 saturated carbocycles. The molecule has 2 aliphatic rings. The Bertz CT molecular complexity index is 834. The van der Waals surface area contributed by atoms with E-state index in [2.05, 4.69) is 46.2 Å². The van der Waals surface area contributed by atoms with E-state index in [9.17, 15) is 0 Å². The Morgan fingerprint density at radius 2 is 1.62 bits per heavy atom. The first-order chi connectivity index (χ1) is 14.3. The van der Waals surface area contributed by atoms with Crippen LogP contribution in [-0.4, -0.2) is 44.2 Å². The van der Waals surface area contributed by atoms with Gasteiger partial charge >= 0.3 is 0 Å². The predicted octanol–water partition coefficient (Wildman–Crippen LogP) is 4.42. The third-order valence-electron chi connectivity index (χ3n) is 6.18. The van der Waals surface area contributed by atoms with Crippen molar-refractivity contribution in [3.63, 3.8) is 0 Å². The molecule has 0 atom stereocenters. The summed E-state index contributed by atoms with van der Waals surface area (Å²) < 4.78 is 6.07. The van der Waals surface area contributed by atoms with Crippen LogP contribution in [0.5, 0.6) is 5.75 Å². The summed E-state index contributed by atoms with van der Waals surface area (Å²) in [6.45, 7) is 6.48. The number of nitriles is 1. The Morgan fingerprint density at radius 3 is 2.38 bits per heavy atom. The van der Waals surface area contributed by atoms with Gasteiger partial charge in [0.2, 0.25) is 0 Å². The average molecular weight is 390 g/mol. The zero-order valence-corrected chi connectivity index (χ0v) is 17.3. The normalized spacial score (nSPS) is 17.3. The smallest absolute Gasteiger partial charge is 0.119 e. The molecule has 0 spiro atoms. The molecule has 0 unspecified atom stereocenters. The van der Waals surface area contributed by atoms with Crippen molar-refractivity contribution in [1.29, 1.82) is 5.26 Å². The number of rotatable bonds is 6. The fourth-order valence-corrected chi connectivity index (χ4v) is 4.46. The number of benzene rings is 2. The highest BCUT2D eigenvalue weighted by molar-refractivity contribution is 5.51. The number of fused-ring (bicyclic) bond motifs is 1. The van der Waals surface area contributed by atoms with Gasteiger partial charge in [-0.25, -0.2) is 0 Å². The van der Waals surface area contributed by atoms with Crippen LogP contribution in [0.1, 0.15) is 42.4 Å². The van der Waals surface area contributed by atoms with Crippen molar-refractivity contribution in [2.45, 2.75) is 38.5 Å². The van der Waals surface area contributed by atoms with Gasteiger partial charge in [0.15, 0.2) is 0 Å². The molecule has 0 aromatic heterocycles. The van der Waals surface area contributed by atoms with Crippen molar-refractivity contribution >= 4 is 5.69 Å². The van der Waals surface area contributed by atoms with E-state index in [1.54, 1.807) is 0 Å². The van der Waals surface area contributed by atoms with Gasteiger partial charge < -0.3 is 14.5 Å². The highest BCUT2D eigenvalue weighted by Gasteiger charge is 2.15. The van der Waals surface area contributed by atoms with E-state index in [-0.39, 0.29) is 0 Å². The first-order valence-corrected chi connectivity index (χ1v) is 11.0. The maximum Gasteiger partial charge on any atom is 0.119 e. The fourth-order valence-electron chi connectivity index (χ4n) is 4.46. The molecule has 2 aromatic rings. The number of hydrogen-bond acceptors (Lipinski definition) is 4. The van der Waals surface area contributed by atoms with Crippen molar-refractivity contribution in [2.24, 2.45) is 0 Å². The van der Waals surface area contributed by atoms with Crippen LogP contribution < -0.4 is 9.64 Å². The second kappa shape index (κ2) is 9.80. The molecule has 1 fully saturated rings. The van der Waals surface area contributed by atoms with Crippen LogP contribution in [0.3, 0.4) is 0 Å². The summed E-state index contributed by atoms with van der Waals surface area (Å²) in [5, 5.41) is 8.99. The van der Waals surface area contributed by atoms with E-state index in [0.29, 0.717) is 5.56 Å². The molecular weight excluding hydrogens is 358 g/mol. The topological polar surface area (TPSA) is 39.5 Å². The molecule has 152 valence electrons. The summed E-state index contributed by atoms with van der Waals surface area (Å²) in [4.78, 5) is 4.99. The van der Waals surface area contributed by atoms with Gasteiger partial charge in [-0.1, -0.05) is 12.5 Å². The molecule has 0 bridgehead atoms. The van der Waals surface area contributed by atoms with Crippen LogP contribution >= 0.6 is 0 Å². The number of piperidine rings is 1. The van der Waals surface area contributed by atoms with Crippen LogP contribution in [0.25, 0.3) is 0 Å². The van der Waals surface area contributed by atoms with E-state index in [0.717, 1.165) is 51.3 Å². The Morgan fingerprint density at radius 1 is 0.862 bits per heavy atom. The van der Waals surface area contributed by atoms with Crippen LogP contribution in [-0.2, 0) is 12.8 Å².